The summed E-state index contributed by atoms with van der Waals surface area (Å²) in [6.07, 6.45) is 16.1. The Balaban J connectivity index is 1.38. The second-order valence-corrected chi connectivity index (χ2v) is 10.6. The minimum Gasteiger partial charge on any atom is -0.494 e. The molecule has 0 N–H and O–H groups in total. The van der Waals surface area contributed by atoms with Crippen LogP contribution in [0.15, 0.2) is 85.5 Å². The van der Waals surface area contributed by atoms with Gasteiger partial charge in [-0.3, -0.25) is 4.79 Å². The normalized spacial score (nSPS) is 10.7. The zero-order valence-electron chi connectivity index (χ0n) is 25.2. The molecule has 0 aromatic heterocycles. The van der Waals surface area contributed by atoms with Gasteiger partial charge in [-0.15, -0.1) is 6.58 Å². The van der Waals surface area contributed by atoms with Crippen LogP contribution in [0.4, 0.5) is 0 Å². The number of hydrogen-bond donors (Lipinski definition) is 0. The van der Waals surface area contributed by atoms with E-state index < -0.39 is 5.97 Å². The number of rotatable bonds is 20. The van der Waals surface area contributed by atoms with Gasteiger partial charge in [-0.05, 0) is 85.3 Å². The second kappa shape index (κ2) is 19.3. The van der Waals surface area contributed by atoms with E-state index in [1.807, 2.05) is 30.3 Å². The van der Waals surface area contributed by atoms with Crippen LogP contribution in [-0.4, -0.2) is 18.5 Å². The van der Waals surface area contributed by atoms with Crippen molar-refractivity contribution in [2.75, 3.05) is 6.61 Å². The van der Waals surface area contributed by atoms with Gasteiger partial charge in [0.25, 0.3) is 0 Å². The van der Waals surface area contributed by atoms with Crippen molar-refractivity contribution >= 4 is 11.9 Å². The third kappa shape index (κ3) is 12.3. The first-order valence-corrected chi connectivity index (χ1v) is 15.6. The molecule has 3 aromatic carbocycles. The van der Waals surface area contributed by atoms with E-state index >= 15 is 0 Å². The molecule has 42 heavy (non-hydrogen) atoms. The molecule has 0 saturated heterocycles. The molecule has 0 aliphatic carbocycles. The van der Waals surface area contributed by atoms with Crippen LogP contribution in [0.3, 0.4) is 0 Å². The van der Waals surface area contributed by atoms with Crippen LogP contribution in [-0.2, 0) is 4.79 Å². The van der Waals surface area contributed by atoms with Crippen LogP contribution in [0.25, 0.3) is 11.1 Å². The molecule has 0 atom stereocenters. The molecule has 3 aromatic rings. The molecule has 0 radical (unpaired) electrons. The van der Waals surface area contributed by atoms with E-state index in [4.69, 9.17) is 14.2 Å². The van der Waals surface area contributed by atoms with Crippen LogP contribution in [0.1, 0.15) is 101 Å². The van der Waals surface area contributed by atoms with Crippen molar-refractivity contribution in [2.45, 2.75) is 90.4 Å². The molecule has 224 valence electrons. The standard InChI is InChI=1S/C37H46O5/c1-3-5-7-9-10-11-12-14-16-36(38)41-34-25-17-30(18-26-34)31-19-27-35(28-20-31)42-37(39)32-21-23-33(24-22-32)40-29-15-13-8-6-4-2/h3,17-28H,1,4-16,29H2,2H3. The topological polar surface area (TPSA) is 61.8 Å². The Labute approximate surface area is 251 Å². The van der Waals surface area contributed by atoms with Gasteiger partial charge in [0.2, 0.25) is 0 Å². The fourth-order valence-electron chi connectivity index (χ4n) is 4.63. The summed E-state index contributed by atoms with van der Waals surface area (Å²) in [5.41, 5.74) is 2.42. The van der Waals surface area contributed by atoms with Gasteiger partial charge in [-0.25, -0.2) is 4.79 Å². The molecule has 5 nitrogen and oxygen atoms in total. The molecule has 0 unspecified atom stereocenters. The lowest BCUT2D eigenvalue weighted by atomic mass is 10.1. The Bertz CT molecular complexity index is 1200. The molecule has 0 fully saturated rings. The largest absolute Gasteiger partial charge is 0.494 e. The Morgan fingerprint density at radius 3 is 1.76 bits per heavy atom. The molecule has 0 spiro atoms. The zero-order valence-corrected chi connectivity index (χ0v) is 25.2. The highest BCUT2D eigenvalue weighted by molar-refractivity contribution is 5.91. The first-order valence-electron chi connectivity index (χ1n) is 15.6. The van der Waals surface area contributed by atoms with E-state index in [1.165, 1.54) is 44.9 Å². The lowest BCUT2D eigenvalue weighted by Crippen LogP contribution is -2.08. The summed E-state index contributed by atoms with van der Waals surface area (Å²) in [4.78, 5) is 24.8. The molecule has 5 heteroatoms. The Kier molecular flexibility index (Phi) is 15.0. The fraction of sp³-hybridized carbons (Fsp3) is 0.405. The summed E-state index contributed by atoms with van der Waals surface area (Å²) < 4.78 is 16.8. The molecule has 0 aliphatic heterocycles. The molecule has 0 saturated carbocycles. The highest BCUT2D eigenvalue weighted by atomic mass is 16.5. The number of hydrogen-bond acceptors (Lipinski definition) is 5. The van der Waals surface area contributed by atoms with Crippen molar-refractivity contribution in [3.8, 4) is 28.4 Å². The molecular weight excluding hydrogens is 524 g/mol. The molecule has 0 amide bonds. The predicted octanol–water partition coefficient (Wildman–Crippen LogP) is 10.1. The van der Waals surface area contributed by atoms with E-state index in [2.05, 4.69) is 13.5 Å². The Hall–Kier alpha value is -3.86. The van der Waals surface area contributed by atoms with Crippen molar-refractivity contribution in [1.82, 2.24) is 0 Å². The van der Waals surface area contributed by atoms with Crippen LogP contribution in [0.5, 0.6) is 17.2 Å². The van der Waals surface area contributed by atoms with Crippen molar-refractivity contribution in [3.63, 3.8) is 0 Å². The van der Waals surface area contributed by atoms with Gasteiger partial charge < -0.3 is 14.2 Å². The summed E-state index contributed by atoms with van der Waals surface area (Å²) in [6, 6.07) is 21.9. The maximum atomic E-state index is 12.6. The second-order valence-electron chi connectivity index (χ2n) is 10.6. The molecular formula is C37H46O5. The first kappa shape index (κ1) is 32.7. The summed E-state index contributed by atoms with van der Waals surface area (Å²) in [5.74, 6) is 1.16. The third-order valence-electron chi connectivity index (χ3n) is 7.13. The third-order valence-corrected chi connectivity index (χ3v) is 7.13. The van der Waals surface area contributed by atoms with E-state index in [9.17, 15) is 9.59 Å². The molecule has 3 rings (SSSR count). The maximum absolute atomic E-state index is 12.6. The van der Waals surface area contributed by atoms with Crippen molar-refractivity contribution in [3.05, 3.63) is 91.0 Å². The SMILES string of the molecule is C=CCCCCCCCCC(=O)Oc1ccc(-c2ccc(OC(=O)c3ccc(OCCCCCCC)cc3)cc2)cc1. The maximum Gasteiger partial charge on any atom is 0.343 e. The monoisotopic (exact) mass is 570 g/mol. The summed E-state index contributed by atoms with van der Waals surface area (Å²) >= 11 is 0. The van der Waals surface area contributed by atoms with Crippen molar-refractivity contribution < 1.29 is 23.8 Å². The van der Waals surface area contributed by atoms with Gasteiger partial charge in [-0.1, -0.05) is 88.6 Å². The average Bonchev–Trinajstić information content (AvgIpc) is 3.01. The van der Waals surface area contributed by atoms with Crippen molar-refractivity contribution in [2.24, 2.45) is 0 Å². The number of esters is 2. The minimum atomic E-state index is -0.413. The van der Waals surface area contributed by atoms with E-state index in [1.54, 1.807) is 48.5 Å². The van der Waals surface area contributed by atoms with Gasteiger partial charge in [0, 0.05) is 6.42 Å². The number of ether oxygens (including phenoxy) is 3. The summed E-state index contributed by atoms with van der Waals surface area (Å²) in [7, 11) is 0. The van der Waals surface area contributed by atoms with Crippen LogP contribution in [0.2, 0.25) is 0 Å². The van der Waals surface area contributed by atoms with Crippen LogP contribution >= 0.6 is 0 Å². The Morgan fingerprint density at radius 2 is 1.14 bits per heavy atom. The zero-order chi connectivity index (χ0) is 29.8. The van der Waals surface area contributed by atoms with Crippen LogP contribution in [0, 0.1) is 0 Å². The average molecular weight is 571 g/mol. The quantitative estimate of drug-likeness (QED) is 0.0585. The van der Waals surface area contributed by atoms with Gasteiger partial charge in [-0.2, -0.15) is 0 Å². The lowest BCUT2D eigenvalue weighted by Gasteiger charge is -2.09. The number of carbonyl (C=O) groups is 2. The minimum absolute atomic E-state index is 0.194. The van der Waals surface area contributed by atoms with Crippen LogP contribution < -0.4 is 14.2 Å². The first-order chi connectivity index (χ1) is 20.6. The highest BCUT2D eigenvalue weighted by Gasteiger charge is 2.10. The van der Waals surface area contributed by atoms with Gasteiger partial charge in [0.05, 0.1) is 12.2 Å². The number of unbranched alkanes of at least 4 members (excludes halogenated alkanes) is 10. The van der Waals surface area contributed by atoms with Gasteiger partial charge in [0.1, 0.15) is 17.2 Å². The summed E-state index contributed by atoms with van der Waals surface area (Å²) in [6.45, 7) is 6.64. The predicted molar refractivity (Wildman–Crippen MR) is 170 cm³/mol. The summed E-state index contributed by atoms with van der Waals surface area (Å²) in [5, 5.41) is 0. The van der Waals surface area contributed by atoms with E-state index in [0.29, 0.717) is 30.1 Å². The molecule has 0 aliphatic rings. The molecule has 0 bridgehead atoms. The number of carbonyl (C=O) groups excluding carboxylic acids is 2. The van der Waals surface area contributed by atoms with Gasteiger partial charge >= 0.3 is 11.9 Å². The lowest BCUT2D eigenvalue weighted by molar-refractivity contribution is -0.134. The molecule has 0 heterocycles. The fourth-order valence-corrected chi connectivity index (χ4v) is 4.63. The smallest absolute Gasteiger partial charge is 0.343 e. The van der Waals surface area contributed by atoms with Gasteiger partial charge in [0.15, 0.2) is 0 Å². The Morgan fingerprint density at radius 1 is 0.619 bits per heavy atom. The van der Waals surface area contributed by atoms with E-state index in [0.717, 1.165) is 49.0 Å². The number of benzene rings is 3. The highest BCUT2D eigenvalue weighted by Crippen LogP contribution is 2.26. The number of allylic oxidation sites excluding steroid dienone is 1. The van der Waals surface area contributed by atoms with E-state index in [-0.39, 0.29) is 5.97 Å². The van der Waals surface area contributed by atoms with Crippen molar-refractivity contribution in [1.29, 1.82) is 0 Å².